The Bertz CT molecular complexity index is 798. The van der Waals surface area contributed by atoms with Crippen LogP contribution in [0.3, 0.4) is 0 Å². The molecule has 2 atom stereocenters. The third-order valence-corrected chi connectivity index (χ3v) is 4.94. The Morgan fingerprint density at radius 1 is 1.12 bits per heavy atom. The van der Waals surface area contributed by atoms with E-state index in [1.807, 2.05) is 31.2 Å². The third-order valence-electron chi connectivity index (χ3n) is 4.31. The molecular formula is C19H17Cl2NO3. The molecule has 0 radical (unpaired) electrons. The quantitative estimate of drug-likeness (QED) is 0.401. The highest BCUT2D eigenvalue weighted by Crippen LogP contribution is 2.48. The number of rotatable bonds is 5. The molecule has 0 aliphatic heterocycles. The van der Waals surface area contributed by atoms with Crippen LogP contribution in [0, 0.1) is 5.92 Å². The molecule has 0 heterocycles. The Balaban J connectivity index is 1.64. The van der Waals surface area contributed by atoms with Crippen molar-refractivity contribution in [1.82, 2.24) is 0 Å². The van der Waals surface area contributed by atoms with Gasteiger partial charge in [-0.05, 0) is 49.1 Å². The van der Waals surface area contributed by atoms with Gasteiger partial charge >= 0.3 is 5.97 Å². The summed E-state index contributed by atoms with van der Waals surface area (Å²) in [6.07, 6.45) is 0.978. The number of carbonyl (C=O) groups is 1. The Morgan fingerprint density at radius 3 is 2.36 bits per heavy atom. The maximum Gasteiger partial charge on any atom is 0.368 e. The van der Waals surface area contributed by atoms with Crippen molar-refractivity contribution in [3.63, 3.8) is 0 Å². The molecule has 0 bridgehead atoms. The van der Waals surface area contributed by atoms with E-state index in [2.05, 4.69) is 5.16 Å². The van der Waals surface area contributed by atoms with Crippen molar-refractivity contribution >= 4 is 34.9 Å². The van der Waals surface area contributed by atoms with E-state index in [0.29, 0.717) is 5.92 Å². The number of nitrogens with zero attached hydrogens (tertiary/aromatic N) is 1. The van der Waals surface area contributed by atoms with Gasteiger partial charge in [-0.15, -0.1) is 0 Å². The molecule has 0 spiro atoms. The van der Waals surface area contributed by atoms with Crippen molar-refractivity contribution in [3.05, 3.63) is 63.6 Å². The van der Waals surface area contributed by atoms with Gasteiger partial charge in [0.1, 0.15) is 5.75 Å². The lowest BCUT2D eigenvalue weighted by molar-refractivity contribution is 0.0515. The molecule has 0 amide bonds. The fourth-order valence-electron chi connectivity index (χ4n) is 2.80. The molecule has 4 nitrogen and oxygen atoms in total. The van der Waals surface area contributed by atoms with Crippen LogP contribution in [0.1, 0.15) is 35.2 Å². The molecule has 1 aliphatic rings. The summed E-state index contributed by atoms with van der Waals surface area (Å²) in [5, 5.41) is 4.47. The minimum absolute atomic E-state index is 0.130. The maximum absolute atomic E-state index is 12.1. The zero-order valence-corrected chi connectivity index (χ0v) is 15.3. The van der Waals surface area contributed by atoms with Gasteiger partial charge in [-0.3, -0.25) is 0 Å². The first-order valence-electron chi connectivity index (χ1n) is 7.85. The Labute approximate surface area is 156 Å². The molecule has 1 aliphatic carbocycles. The summed E-state index contributed by atoms with van der Waals surface area (Å²) in [5.41, 5.74) is 2.13. The molecule has 0 unspecified atom stereocenters. The average Bonchev–Trinajstić information content (AvgIpc) is 3.40. The van der Waals surface area contributed by atoms with Gasteiger partial charge in [0.2, 0.25) is 0 Å². The van der Waals surface area contributed by atoms with Crippen molar-refractivity contribution < 1.29 is 14.4 Å². The lowest BCUT2D eigenvalue weighted by Crippen LogP contribution is -2.06. The van der Waals surface area contributed by atoms with Crippen LogP contribution in [-0.2, 0) is 4.84 Å². The first-order chi connectivity index (χ1) is 12.0. The minimum Gasteiger partial charge on any atom is -0.497 e. The van der Waals surface area contributed by atoms with Crippen LogP contribution in [0.5, 0.6) is 5.75 Å². The van der Waals surface area contributed by atoms with E-state index in [0.717, 1.165) is 17.9 Å². The number of hydrogen-bond acceptors (Lipinski definition) is 4. The topological polar surface area (TPSA) is 47.9 Å². The second-order valence-electron chi connectivity index (χ2n) is 5.93. The van der Waals surface area contributed by atoms with E-state index in [1.165, 1.54) is 5.56 Å². The van der Waals surface area contributed by atoms with Gasteiger partial charge in [0.05, 0.1) is 28.4 Å². The summed E-state index contributed by atoms with van der Waals surface area (Å²) in [7, 11) is 1.64. The fraction of sp³-hybridized carbons (Fsp3) is 0.263. The largest absolute Gasteiger partial charge is 0.497 e. The fourth-order valence-corrected chi connectivity index (χ4v) is 3.35. The van der Waals surface area contributed by atoms with Gasteiger partial charge in [0, 0.05) is 5.92 Å². The van der Waals surface area contributed by atoms with Gasteiger partial charge in [0.25, 0.3) is 0 Å². The predicted octanol–water partition coefficient (Wildman–Crippen LogP) is 5.34. The molecule has 6 heteroatoms. The number of halogens is 2. The molecule has 1 saturated carbocycles. The number of benzene rings is 2. The monoisotopic (exact) mass is 377 g/mol. The maximum atomic E-state index is 12.1. The van der Waals surface area contributed by atoms with E-state index >= 15 is 0 Å². The van der Waals surface area contributed by atoms with Gasteiger partial charge in [-0.25, -0.2) is 4.79 Å². The minimum atomic E-state index is -0.656. The summed E-state index contributed by atoms with van der Waals surface area (Å²) < 4.78 is 5.17. The highest BCUT2D eigenvalue weighted by atomic mass is 35.5. The van der Waals surface area contributed by atoms with E-state index in [4.69, 9.17) is 32.8 Å². The Hall–Kier alpha value is -2.04. The Kier molecular flexibility index (Phi) is 5.30. The normalized spacial score (nSPS) is 19.4. The summed E-state index contributed by atoms with van der Waals surface area (Å²) in [6, 6.07) is 12.8. The number of hydrogen-bond donors (Lipinski definition) is 0. The first-order valence-corrected chi connectivity index (χ1v) is 8.60. The second kappa shape index (κ2) is 7.46. The summed E-state index contributed by atoms with van der Waals surface area (Å²) in [6.45, 7) is 1.86. The van der Waals surface area contributed by atoms with Crippen molar-refractivity contribution in [2.45, 2.75) is 19.3 Å². The lowest BCUT2D eigenvalue weighted by atomic mass is 10.1. The molecule has 2 aromatic rings. The van der Waals surface area contributed by atoms with E-state index in [9.17, 15) is 4.79 Å². The van der Waals surface area contributed by atoms with Crippen LogP contribution < -0.4 is 4.74 Å². The second-order valence-corrected chi connectivity index (χ2v) is 6.74. The highest BCUT2D eigenvalue weighted by molar-refractivity contribution is 6.39. The summed E-state index contributed by atoms with van der Waals surface area (Å²) in [4.78, 5) is 17.2. The van der Waals surface area contributed by atoms with Crippen LogP contribution in [0.25, 0.3) is 0 Å². The standard InChI is InChI=1S/C19H17Cl2NO3/c1-11(14-10-15(14)12-6-8-13(24-2)9-7-12)22-25-19(23)18-16(20)4-3-5-17(18)21/h3-9,14-15H,10H2,1-2H3/t14-,15-/m1/s1. The Morgan fingerprint density at radius 2 is 1.76 bits per heavy atom. The third kappa shape index (κ3) is 3.97. The first kappa shape index (κ1) is 17.8. The molecule has 1 fully saturated rings. The van der Waals surface area contributed by atoms with Crippen LogP contribution in [0.4, 0.5) is 0 Å². The molecule has 130 valence electrons. The van der Waals surface area contributed by atoms with Crippen LogP contribution in [0.15, 0.2) is 47.6 Å². The summed E-state index contributed by atoms with van der Waals surface area (Å²) in [5.74, 6) is 0.827. The smallest absolute Gasteiger partial charge is 0.368 e. The lowest BCUT2D eigenvalue weighted by Gasteiger charge is -2.05. The molecule has 2 aromatic carbocycles. The molecule has 25 heavy (non-hydrogen) atoms. The number of methoxy groups -OCH3 is 1. The van der Waals surface area contributed by atoms with E-state index in [-0.39, 0.29) is 21.5 Å². The van der Waals surface area contributed by atoms with E-state index in [1.54, 1.807) is 25.3 Å². The van der Waals surface area contributed by atoms with Gasteiger partial charge in [-0.1, -0.05) is 46.6 Å². The molecule has 0 saturated heterocycles. The van der Waals surface area contributed by atoms with Crippen molar-refractivity contribution in [2.75, 3.05) is 7.11 Å². The van der Waals surface area contributed by atoms with Crippen molar-refractivity contribution in [1.29, 1.82) is 0 Å². The van der Waals surface area contributed by atoms with Gasteiger partial charge in [-0.2, -0.15) is 0 Å². The van der Waals surface area contributed by atoms with Crippen molar-refractivity contribution in [2.24, 2.45) is 11.1 Å². The van der Waals surface area contributed by atoms with Crippen LogP contribution in [-0.4, -0.2) is 18.8 Å². The number of carbonyl (C=O) groups excluding carboxylic acids is 1. The molecular weight excluding hydrogens is 361 g/mol. The van der Waals surface area contributed by atoms with Crippen LogP contribution in [0.2, 0.25) is 10.0 Å². The van der Waals surface area contributed by atoms with Crippen molar-refractivity contribution in [3.8, 4) is 5.75 Å². The SMILES string of the molecule is COc1ccc([C@H]2C[C@@H]2C(C)=NOC(=O)c2c(Cl)cccc2Cl)cc1. The van der Waals surface area contributed by atoms with Gasteiger partial charge in [0.15, 0.2) is 0 Å². The zero-order valence-electron chi connectivity index (χ0n) is 13.8. The highest BCUT2D eigenvalue weighted by Gasteiger charge is 2.41. The molecule has 0 N–H and O–H groups in total. The van der Waals surface area contributed by atoms with E-state index < -0.39 is 5.97 Å². The predicted molar refractivity (Wildman–Crippen MR) is 98.8 cm³/mol. The number of oxime groups is 1. The van der Waals surface area contributed by atoms with Gasteiger partial charge < -0.3 is 9.57 Å². The number of ether oxygens (including phenoxy) is 1. The molecule has 0 aromatic heterocycles. The molecule has 3 rings (SSSR count). The average molecular weight is 378 g/mol. The zero-order chi connectivity index (χ0) is 18.0. The van der Waals surface area contributed by atoms with Crippen LogP contribution >= 0.6 is 23.2 Å². The summed E-state index contributed by atoms with van der Waals surface area (Å²) >= 11 is 12.0.